The maximum Gasteiger partial charge on any atom is 0.224 e. The summed E-state index contributed by atoms with van der Waals surface area (Å²) in [7, 11) is 0. The molecule has 3 heterocycles. The van der Waals surface area contributed by atoms with Crippen LogP contribution < -0.4 is 0 Å². The minimum absolute atomic E-state index is 0.136. The van der Waals surface area contributed by atoms with Gasteiger partial charge in [0.2, 0.25) is 5.91 Å². The van der Waals surface area contributed by atoms with Crippen molar-refractivity contribution in [3.63, 3.8) is 0 Å². The number of imidazole rings is 1. The Morgan fingerprint density at radius 3 is 3.00 bits per heavy atom. The van der Waals surface area contributed by atoms with Crippen LogP contribution in [0.1, 0.15) is 37.7 Å². The number of hydrogen-bond acceptors (Lipinski definition) is 4. The number of carbonyl (C=O) groups is 1. The molecule has 1 aliphatic heterocycles. The van der Waals surface area contributed by atoms with Crippen LogP contribution in [-0.4, -0.2) is 44.6 Å². The number of carbonyl (C=O) groups excluding carboxylic acids is 1. The molecule has 25 heavy (non-hydrogen) atoms. The van der Waals surface area contributed by atoms with E-state index in [1.807, 2.05) is 29.3 Å². The Labute approximate surface area is 148 Å². The van der Waals surface area contributed by atoms with E-state index in [0.29, 0.717) is 26.1 Å². The van der Waals surface area contributed by atoms with Gasteiger partial charge in [0.05, 0.1) is 18.3 Å². The molecule has 0 radical (unpaired) electrons. The van der Waals surface area contributed by atoms with Crippen LogP contribution in [0.5, 0.6) is 0 Å². The van der Waals surface area contributed by atoms with Crippen molar-refractivity contribution in [2.24, 2.45) is 0 Å². The van der Waals surface area contributed by atoms with Crippen LogP contribution in [0.25, 0.3) is 0 Å². The molecule has 6 heteroatoms. The maximum atomic E-state index is 12.8. The third-order valence-electron chi connectivity index (χ3n) is 4.56. The summed E-state index contributed by atoms with van der Waals surface area (Å²) >= 11 is 0. The van der Waals surface area contributed by atoms with Gasteiger partial charge in [-0.25, -0.2) is 4.98 Å². The van der Waals surface area contributed by atoms with Gasteiger partial charge in [0.25, 0.3) is 0 Å². The molecule has 2 aromatic heterocycles. The van der Waals surface area contributed by atoms with Crippen molar-refractivity contribution in [1.82, 2.24) is 19.4 Å². The molecule has 0 saturated carbocycles. The zero-order chi connectivity index (χ0) is 17.5. The molecule has 0 aromatic carbocycles. The van der Waals surface area contributed by atoms with Crippen LogP contribution in [-0.2, 0) is 29.0 Å². The van der Waals surface area contributed by atoms with Gasteiger partial charge in [-0.1, -0.05) is 13.0 Å². The highest BCUT2D eigenvalue weighted by Crippen LogP contribution is 2.16. The molecule has 3 rings (SSSR count). The lowest BCUT2D eigenvalue weighted by molar-refractivity contribution is -0.133. The van der Waals surface area contributed by atoms with Gasteiger partial charge in [0.1, 0.15) is 5.82 Å². The molecule has 1 fully saturated rings. The zero-order valence-electron chi connectivity index (χ0n) is 14.8. The van der Waals surface area contributed by atoms with Gasteiger partial charge in [-0.15, -0.1) is 0 Å². The second-order valence-corrected chi connectivity index (χ2v) is 6.37. The second-order valence-electron chi connectivity index (χ2n) is 6.37. The fraction of sp³-hybridized carbons (Fsp3) is 0.526. The number of aryl methyl sites for hydroxylation is 2. The van der Waals surface area contributed by atoms with Crippen molar-refractivity contribution in [3.8, 4) is 0 Å². The monoisotopic (exact) mass is 342 g/mol. The van der Waals surface area contributed by atoms with Gasteiger partial charge >= 0.3 is 0 Å². The SMILES string of the molecule is CCc1nccn1CCC(=O)N(Cc1ccccn1)CC1CCCO1. The Balaban J connectivity index is 1.63. The van der Waals surface area contributed by atoms with E-state index in [0.717, 1.165) is 37.4 Å². The lowest BCUT2D eigenvalue weighted by atomic mass is 10.2. The fourth-order valence-electron chi connectivity index (χ4n) is 3.21. The molecule has 1 saturated heterocycles. The predicted octanol–water partition coefficient (Wildman–Crippen LogP) is 2.44. The molecule has 2 aromatic rings. The van der Waals surface area contributed by atoms with E-state index in [9.17, 15) is 4.79 Å². The van der Waals surface area contributed by atoms with Gasteiger partial charge in [0, 0.05) is 51.1 Å². The van der Waals surface area contributed by atoms with Gasteiger partial charge < -0.3 is 14.2 Å². The molecular weight excluding hydrogens is 316 g/mol. The lowest BCUT2D eigenvalue weighted by Gasteiger charge is -2.25. The molecule has 1 unspecified atom stereocenters. The van der Waals surface area contributed by atoms with Crippen LogP contribution in [0.2, 0.25) is 0 Å². The van der Waals surface area contributed by atoms with Crippen molar-refractivity contribution in [2.45, 2.75) is 51.8 Å². The number of pyridine rings is 1. The number of aromatic nitrogens is 3. The quantitative estimate of drug-likeness (QED) is 0.739. The maximum absolute atomic E-state index is 12.8. The van der Waals surface area contributed by atoms with Crippen LogP contribution in [0.4, 0.5) is 0 Å². The van der Waals surface area contributed by atoms with Crippen molar-refractivity contribution in [2.75, 3.05) is 13.2 Å². The van der Waals surface area contributed by atoms with Crippen LogP contribution in [0.15, 0.2) is 36.8 Å². The first-order valence-corrected chi connectivity index (χ1v) is 9.05. The molecule has 1 atom stereocenters. The molecule has 1 aliphatic rings. The Morgan fingerprint density at radius 2 is 2.28 bits per heavy atom. The fourth-order valence-corrected chi connectivity index (χ4v) is 3.21. The van der Waals surface area contributed by atoms with Crippen LogP contribution in [0.3, 0.4) is 0 Å². The summed E-state index contributed by atoms with van der Waals surface area (Å²) in [4.78, 5) is 23.4. The number of nitrogens with zero attached hydrogens (tertiary/aromatic N) is 4. The normalized spacial score (nSPS) is 16.9. The lowest BCUT2D eigenvalue weighted by Crippen LogP contribution is -2.37. The van der Waals surface area contributed by atoms with E-state index in [-0.39, 0.29) is 12.0 Å². The first-order chi connectivity index (χ1) is 12.3. The van der Waals surface area contributed by atoms with Gasteiger partial charge in [-0.05, 0) is 25.0 Å². The highest BCUT2D eigenvalue weighted by molar-refractivity contribution is 5.76. The smallest absolute Gasteiger partial charge is 0.224 e. The predicted molar refractivity (Wildman–Crippen MR) is 94.9 cm³/mol. The highest BCUT2D eigenvalue weighted by atomic mass is 16.5. The van der Waals surface area contributed by atoms with E-state index in [1.54, 1.807) is 12.4 Å². The summed E-state index contributed by atoms with van der Waals surface area (Å²) in [5, 5.41) is 0. The van der Waals surface area contributed by atoms with E-state index in [2.05, 4.69) is 21.5 Å². The average Bonchev–Trinajstić information content (AvgIpc) is 3.31. The average molecular weight is 342 g/mol. The molecule has 134 valence electrons. The Bertz CT molecular complexity index is 665. The van der Waals surface area contributed by atoms with E-state index < -0.39 is 0 Å². The van der Waals surface area contributed by atoms with E-state index in [1.165, 1.54) is 0 Å². The minimum Gasteiger partial charge on any atom is -0.376 e. The molecule has 0 N–H and O–H groups in total. The van der Waals surface area contributed by atoms with E-state index >= 15 is 0 Å². The number of amides is 1. The van der Waals surface area contributed by atoms with Gasteiger partial charge in [-0.2, -0.15) is 0 Å². The standard InChI is InChI=1S/C19H26N4O2/c1-2-18-21-10-12-22(18)11-8-19(24)23(15-17-7-5-13-25-17)14-16-6-3-4-9-20-16/h3-4,6,9-10,12,17H,2,5,7-8,11,13-15H2,1H3. The third-order valence-corrected chi connectivity index (χ3v) is 4.56. The summed E-state index contributed by atoms with van der Waals surface area (Å²) in [6, 6.07) is 5.80. The third kappa shape index (κ3) is 4.89. The highest BCUT2D eigenvalue weighted by Gasteiger charge is 2.23. The Morgan fingerprint density at radius 1 is 1.36 bits per heavy atom. The Kier molecular flexibility index (Phi) is 6.17. The topological polar surface area (TPSA) is 60.2 Å². The van der Waals surface area contributed by atoms with Crippen molar-refractivity contribution in [3.05, 3.63) is 48.3 Å². The van der Waals surface area contributed by atoms with Crippen molar-refractivity contribution < 1.29 is 9.53 Å². The summed E-state index contributed by atoms with van der Waals surface area (Å²) in [6.07, 6.45) is 9.07. The largest absolute Gasteiger partial charge is 0.376 e. The minimum atomic E-state index is 0.136. The Hall–Kier alpha value is -2.21. The van der Waals surface area contributed by atoms with Crippen LogP contribution >= 0.6 is 0 Å². The van der Waals surface area contributed by atoms with Crippen molar-refractivity contribution in [1.29, 1.82) is 0 Å². The number of rotatable bonds is 8. The van der Waals surface area contributed by atoms with Crippen LogP contribution in [0, 0.1) is 0 Å². The molecule has 0 bridgehead atoms. The zero-order valence-corrected chi connectivity index (χ0v) is 14.8. The number of hydrogen-bond donors (Lipinski definition) is 0. The summed E-state index contributed by atoms with van der Waals surface area (Å²) < 4.78 is 7.79. The molecular formula is C19H26N4O2. The summed E-state index contributed by atoms with van der Waals surface area (Å²) in [5.74, 6) is 1.15. The molecule has 6 nitrogen and oxygen atoms in total. The van der Waals surface area contributed by atoms with Gasteiger partial charge in [-0.3, -0.25) is 9.78 Å². The van der Waals surface area contributed by atoms with Gasteiger partial charge in [0.15, 0.2) is 0 Å². The van der Waals surface area contributed by atoms with E-state index in [4.69, 9.17) is 4.74 Å². The van der Waals surface area contributed by atoms with Crippen molar-refractivity contribution >= 4 is 5.91 Å². The molecule has 1 amide bonds. The molecule has 0 aliphatic carbocycles. The summed E-state index contributed by atoms with van der Waals surface area (Å²) in [6.45, 7) is 4.70. The number of ether oxygens (including phenoxy) is 1. The first-order valence-electron chi connectivity index (χ1n) is 9.05. The second kappa shape index (κ2) is 8.76. The summed E-state index contributed by atoms with van der Waals surface area (Å²) in [5.41, 5.74) is 0.908. The first kappa shape index (κ1) is 17.6. The molecule has 0 spiro atoms.